The number of thiazole rings is 1. The number of hydrogen-bond acceptors (Lipinski definition) is 4. The zero-order chi connectivity index (χ0) is 12.7. The maximum absolute atomic E-state index is 4.64. The van der Waals surface area contributed by atoms with Gasteiger partial charge >= 0.3 is 0 Å². The van der Waals surface area contributed by atoms with Gasteiger partial charge in [0.25, 0.3) is 0 Å². The lowest BCUT2D eigenvalue weighted by Crippen LogP contribution is -2.19. The number of aromatic nitrogens is 1. The Morgan fingerprint density at radius 1 is 1.29 bits per heavy atom. The first kappa shape index (κ1) is 15.0. The highest BCUT2D eigenvalue weighted by Gasteiger charge is 2.03. The van der Waals surface area contributed by atoms with Crippen LogP contribution in [0.4, 0.5) is 0 Å². The van der Waals surface area contributed by atoms with Crippen LogP contribution in [0.2, 0.25) is 0 Å². The molecule has 2 nitrogen and oxygen atoms in total. The summed E-state index contributed by atoms with van der Waals surface area (Å²) in [6, 6.07) is 0. The van der Waals surface area contributed by atoms with Crippen molar-refractivity contribution in [1.29, 1.82) is 0 Å². The van der Waals surface area contributed by atoms with Gasteiger partial charge in [0.05, 0.1) is 5.69 Å². The van der Waals surface area contributed by atoms with Crippen LogP contribution in [0.1, 0.15) is 38.4 Å². The van der Waals surface area contributed by atoms with E-state index >= 15 is 0 Å². The maximum atomic E-state index is 4.64. The molecule has 0 aliphatic carbocycles. The smallest absolute Gasteiger partial charge is 0.103 e. The van der Waals surface area contributed by atoms with E-state index in [1.807, 2.05) is 11.8 Å². The molecule has 1 heterocycles. The van der Waals surface area contributed by atoms with Crippen molar-refractivity contribution in [2.24, 2.45) is 11.8 Å². The van der Waals surface area contributed by atoms with E-state index in [1.165, 1.54) is 16.5 Å². The van der Waals surface area contributed by atoms with Gasteiger partial charge in [-0.3, -0.25) is 0 Å². The van der Waals surface area contributed by atoms with Crippen molar-refractivity contribution in [2.75, 3.05) is 12.3 Å². The Morgan fingerprint density at radius 2 is 2.06 bits per heavy atom. The Balaban J connectivity index is 2.23. The molecule has 17 heavy (non-hydrogen) atoms. The Labute approximate surface area is 114 Å². The van der Waals surface area contributed by atoms with E-state index in [1.54, 1.807) is 11.3 Å². The van der Waals surface area contributed by atoms with Crippen LogP contribution in [0.5, 0.6) is 0 Å². The fraction of sp³-hybridized carbons (Fsp3) is 0.769. The molecular formula is C13H24N2S2. The molecule has 1 aromatic rings. The summed E-state index contributed by atoms with van der Waals surface area (Å²) in [6.45, 7) is 10.9. The lowest BCUT2D eigenvalue weighted by Gasteiger charge is -2.05. The summed E-state index contributed by atoms with van der Waals surface area (Å²) >= 11 is 3.77. The second kappa shape index (κ2) is 8.11. The number of hydrogen-bond donors (Lipinski definition) is 1. The molecule has 0 fully saturated rings. The molecule has 0 aromatic carbocycles. The summed E-state index contributed by atoms with van der Waals surface area (Å²) in [6.07, 6.45) is 0. The van der Waals surface area contributed by atoms with Gasteiger partial charge in [0.15, 0.2) is 0 Å². The van der Waals surface area contributed by atoms with Crippen LogP contribution in [-0.4, -0.2) is 17.3 Å². The van der Waals surface area contributed by atoms with Crippen molar-refractivity contribution in [1.82, 2.24) is 10.3 Å². The summed E-state index contributed by atoms with van der Waals surface area (Å²) in [5.41, 5.74) is 1.19. The molecule has 1 aromatic heterocycles. The quantitative estimate of drug-likeness (QED) is 0.779. The molecule has 0 spiro atoms. The molecule has 0 aliphatic rings. The normalized spacial score (nSPS) is 11.6. The molecule has 4 heteroatoms. The Morgan fingerprint density at radius 3 is 2.71 bits per heavy atom. The van der Waals surface area contributed by atoms with Crippen molar-refractivity contribution in [3.63, 3.8) is 0 Å². The zero-order valence-corrected chi connectivity index (χ0v) is 13.0. The van der Waals surface area contributed by atoms with Gasteiger partial charge < -0.3 is 5.32 Å². The fourth-order valence-corrected chi connectivity index (χ4v) is 3.30. The van der Waals surface area contributed by atoms with Crippen molar-refractivity contribution >= 4 is 23.1 Å². The van der Waals surface area contributed by atoms with Crippen LogP contribution < -0.4 is 5.32 Å². The third-order valence-electron chi connectivity index (χ3n) is 2.13. The summed E-state index contributed by atoms with van der Waals surface area (Å²) in [5.74, 6) is 3.76. The molecule has 0 bridgehead atoms. The molecule has 0 atom stereocenters. The molecule has 0 saturated heterocycles. The van der Waals surface area contributed by atoms with Gasteiger partial charge in [0, 0.05) is 17.7 Å². The van der Waals surface area contributed by atoms with Crippen LogP contribution in [0.3, 0.4) is 0 Å². The van der Waals surface area contributed by atoms with Crippen molar-refractivity contribution < 1.29 is 0 Å². The summed E-state index contributed by atoms with van der Waals surface area (Å²) in [4.78, 5) is 4.64. The number of nitrogens with one attached hydrogen (secondary N) is 1. The summed E-state index contributed by atoms with van der Waals surface area (Å²) in [7, 11) is 0. The average molecular weight is 272 g/mol. The molecule has 0 aliphatic heterocycles. The summed E-state index contributed by atoms with van der Waals surface area (Å²) < 4.78 is 0. The minimum atomic E-state index is 0.703. The first-order chi connectivity index (χ1) is 8.08. The van der Waals surface area contributed by atoms with Crippen molar-refractivity contribution in [2.45, 2.75) is 40.0 Å². The predicted molar refractivity (Wildman–Crippen MR) is 79.7 cm³/mol. The summed E-state index contributed by atoms with van der Waals surface area (Å²) in [5, 5.41) is 6.87. The lowest BCUT2D eigenvalue weighted by atomic mass is 10.2. The third kappa shape index (κ3) is 7.06. The van der Waals surface area contributed by atoms with Crippen LogP contribution in [0, 0.1) is 11.8 Å². The number of nitrogens with zero attached hydrogens (tertiary/aromatic N) is 1. The first-order valence-electron chi connectivity index (χ1n) is 6.29. The SMILES string of the molecule is CC(C)CNCc1csc(CSCC(C)C)n1. The lowest BCUT2D eigenvalue weighted by molar-refractivity contribution is 0.549. The minimum Gasteiger partial charge on any atom is -0.311 e. The van der Waals surface area contributed by atoms with E-state index in [2.05, 4.69) is 43.4 Å². The number of thioether (sulfide) groups is 1. The van der Waals surface area contributed by atoms with E-state index in [4.69, 9.17) is 0 Å². The average Bonchev–Trinajstić information content (AvgIpc) is 2.65. The van der Waals surface area contributed by atoms with E-state index in [-0.39, 0.29) is 0 Å². The molecule has 0 saturated carbocycles. The Hall–Kier alpha value is -0.0600. The Bertz CT molecular complexity index is 280. The van der Waals surface area contributed by atoms with Crippen LogP contribution in [0.15, 0.2) is 5.38 Å². The van der Waals surface area contributed by atoms with Gasteiger partial charge in [0.1, 0.15) is 5.01 Å². The fourth-order valence-electron chi connectivity index (χ4n) is 1.37. The van der Waals surface area contributed by atoms with Gasteiger partial charge in [-0.15, -0.1) is 11.3 Å². The highest BCUT2D eigenvalue weighted by Crippen LogP contribution is 2.18. The van der Waals surface area contributed by atoms with Crippen LogP contribution >= 0.6 is 23.1 Å². The highest BCUT2D eigenvalue weighted by molar-refractivity contribution is 7.98. The van der Waals surface area contributed by atoms with Crippen LogP contribution in [0.25, 0.3) is 0 Å². The largest absolute Gasteiger partial charge is 0.311 e. The topological polar surface area (TPSA) is 24.9 Å². The van der Waals surface area contributed by atoms with Gasteiger partial charge in [-0.05, 0) is 24.1 Å². The number of rotatable bonds is 8. The Kier molecular flexibility index (Phi) is 7.16. The zero-order valence-electron chi connectivity index (χ0n) is 11.3. The van der Waals surface area contributed by atoms with Crippen LogP contribution in [-0.2, 0) is 12.3 Å². The molecular weight excluding hydrogens is 248 g/mol. The van der Waals surface area contributed by atoms with E-state index in [0.29, 0.717) is 5.92 Å². The first-order valence-corrected chi connectivity index (χ1v) is 8.33. The molecule has 1 rings (SSSR count). The highest BCUT2D eigenvalue weighted by atomic mass is 32.2. The van der Waals surface area contributed by atoms with Gasteiger partial charge in [0.2, 0.25) is 0 Å². The van der Waals surface area contributed by atoms with E-state index in [9.17, 15) is 0 Å². The molecule has 0 unspecified atom stereocenters. The second-order valence-electron chi connectivity index (χ2n) is 5.17. The van der Waals surface area contributed by atoms with E-state index in [0.717, 1.165) is 24.8 Å². The van der Waals surface area contributed by atoms with Gasteiger partial charge in [-0.25, -0.2) is 4.98 Å². The molecule has 0 amide bonds. The van der Waals surface area contributed by atoms with E-state index < -0.39 is 0 Å². The predicted octanol–water partition coefficient (Wildman–Crippen LogP) is 3.78. The molecule has 0 radical (unpaired) electrons. The van der Waals surface area contributed by atoms with Crippen molar-refractivity contribution in [3.8, 4) is 0 Å². The minimum absolute atomic E-state index is 0.703. The molecule has 98 valence electrons. The van der Waals surface area contributed by atoms with Gasteiger partial charge in [-0.2, -0.15) is 11.8 Å². The maximum Gasteiger partial charge on any atom is 0.103 e. The standard InChI is InChI=1S/C13H24N2S2/c1-10(2)5-14-6-12-8-17-13(15-12)9-16-7-11(3)4/h8,10-11,14H,5-7,9H2,1-4H3. The molecule has 1 N–H and O–H groups in total. The van der Waals surface area contributed by atoms with Crippen molar-refractivity contribution in [3.05, 3.63) is 16.1 Å². The second-order valence-corrected chi connectivity index (χ2v) is 7.14. The third-order valence-corrected chi connectivity index (χ3v) is 4.60. The monoisotopic (exact) mass is 272 g/mol. The van der Waals surface area contributed by atoms with Gasteiger partial charge in [-0.1, -0.05) is 27.7 Å².